The molecule has 0 radical (unpaired) electrons. The third kappa shape index (κ3) is 4.58. The summed E-state index contributed by atoms with van der Waals surface area (Å²) in [5.41, 5.74) is 2.45. The van der Waals surface area contributed by atoms with Crippen LogP contribution in [0.4, 0.5) is 0 Å². The van der Waals surface area contributed by atoms with Crippen LogP contribution in [0.1, 0.15) is 37.4 Å². The molecule has 1 unspecified atom stereocenters. The first kappa shape index (κ1) is 16.1. The Balaban J connectivity index is 2.11. The van der Waals surface area contributed by atoms with Crippen molar-refractivity contribution < 1.29 is 4.74 Å². The van der Waals surface area contributed by atoms with E-state index in [2.05, 4.69) is 54.2 Å². The summed E-state index contributed by atoms with van der Waals surface area (Å²) in [5.74, 6) is 1.71. The number of rotatable bonds is 6. The summed E-state index contributed by atoms with van der Waals surface area (Å²) in [5, 5.41) is 3.50. The van der Waals surface area contributed by atoms with Crippen molar-refractivity contribution in [1.82, 2.24) is 5.32 Å². The molecule has 0 aliphatic rings. The molecule has 1 atom stereocenters. The molecule has 1 N–H and O–H groups in total. The molecule has 0 aromatic heterocycles. The van der Waals surface area contributed by atoms with E-state index in [0.717, 1.165) is 28.9 Å². The summed E-state index contributed by atoms with van der Waals surface area (Å²) in [6.45, 7) is 7.44. The zero-order valence-corrected chi connectivity index (χ0v) is 14.4. The fraction of sp³-hybridized carbons (Fsp3) is 0.333. The standard InChI is InChI=1S/C18H22BrNO/c1-4-10-20-14(3)17-9-8-16(12-18(17)19)21-15-7-5-6-13(2)11-15/h5-9,11-12,14,20H,4,10H2,1-3H3. The molecule has 2 rings (SSSR count). The minimum Gasteiger partial charge on any atom is -0.457 e. The van der Waals surface area contributed by atoms with E-state index < -0.39 is 0 Å². The summed E-state index contributed by atoms with van der Waals surface area (Å²) >= 11 is 3.65. The molecule has 0 aliphatic heterocycles. The lowest BCUT2D eigenvalue weighted by atomic mass is 10.1. The molecule has 0 fully saturated rings. The molecule has 0 amide bonds. The summed E-state index contributed by atoms with van der Waals surface area (Å²) in [6.07, 6.45) is 1.14. The van der Waals surface area contributed by atoms with Crippen LogP contribution in [0.3, 0.4) is 0 Å². The number of hydrogen-bond donors (Lipinski definition) is 1. The molecule has 2 aromatic carbocycles. The van der Waals surface area contributed by atoms with Gasteiger partial charge in [-0.2, -0.15) is 0 Å². The molecule has 2 nitrogen and oxygen atoms in total. The van der Waals surface area contributed by atoms with Gasteiger partial charge in [-0.25, -0.2) is 0 Å². The lowest BCUT2D eigenvalue weighted by molar-refractivity contribution is 0.481. The molecule has 2 aromatic rings. The Kier molecular flexibility index (Phi) is 5.83. The van der Waals surface area contributed by atoms with Gasteiger partial charge in [0, 0.05) is 10.5 Å². The van der Waals surface area contributed by atoms with Gasteiger partial charge in [0.15, 0.2) is 0 Å². The molecule has 0 saturated carbocycles. The highest BCUT2D eigenvalue weighted by atomic mass is 79.9. The summed E-state index contributed by atoms with van der Waals surface area (Å²) in [6, 6.07) is 14.6. The molecule has 0 spiro atoms. The van der Waals surface area contributed by atoms with Crippen molar-refractivity contribution in [3.63, 3.8) is 0 Å². The largest absolute Gasteiger partial charge is 0.457 e. The van der Waals surface area contributed by atoms with E-state index >= 15 is 0 Å². The fourth-order valence-electron chi connectivity index (χ4n) is 2.21. The topological polar surface area (TPSA) is 21.3 Å². The summed E-state index contributed by atoms with van der Waals surface area (Å²) in [4.78, 5) is 0. The van der Waals surface area contributed by atoms with Crippen molar-refractivity contribution in [1.29, 1.82) is 0 Å². The van der Waals surface area contributed by atoms with Gasteiger partial charge in [0.05, 0.1) is 0 Å². The highest BCUT2D eigenvalue weighted by Gasteiger charge is 2.09. The van der Waals surface area contributed by atoms with Crippen LogP contribution in [-0.4, -0.2) is 6.54 Å². The Morgan fingerprint density at radius 3 is 2.57 bits per heavy atom. The van der Waals surface area contributed by atoms with Gasteiger partial charge < -0.3 is 10.1 Å². The van der Waals surface area contributed by atoms with Gasteiger partial charge in [0.1, 0.15) is 11.5 Å². The first-order valence-electron chi connectivity index (χ1n) is 7.37. The number of hydrogen-bond acceptors (Lipinski definition) is 2. The first-order chi connectivity index (χ1) is 10.1. The molecule has 112 valence electrons. The molecule has 0 aliphatic carbocycles. The number of halogens is 1. The Labute approximate surface area is 135 Å². The SMILES string of the molecule is CCCNC(C)c1ccc(Oc2cccc(C)c2)cc1Br. The normalized spacial score (nSPS) is 12.2. The van der Waals surface area contributed by atoms with Crippen LogP contribution < -0.4 is 10.1 Å². The Bertz CT molecular complexity index is 598. The first-order valence-corrected chi connectivity index (χ1v) is 8.16. The molecule has 21 heavy (non-hydrogen) atoms. The van der Waals surface area contributed by atoms with E-state index in [1.807, 2.05) is 30.3 Å². The van der Waals surface area contributed by atoms with Crippen LogP contribution >= 0.6 is 15.9 Å². The molecule has 0 saturated heterocycles. The second-order valence-corrected chi connectivity index (χ2v) is 6.13. The third-order valence-electron chi connectivity index (χ3n) is 3.36. The maximum Gasteiger partial charge on any atom is 0.128 e. The zero-order valence-electron chi connectivity index (χ0n) is 12.8. The van der Waals surface area contributed by atoms with Gasteiger partial charge in [-0.3, -0.25) is 0 Å². The molecule has 0 heterocycles. The number of ether oxygens (including phenoxy) is 1. The predicted octanol–water partition coefficient (Wildman–Crippen LogP) is 5.61. The monoisotopic (exact) mass is 347 g/mol. The van der Waals surface area contributed by atoms with Gasteiger partial charge in [0.2, 0.25) is 0 Å². The second kappa shape index (κ2) is 7.62. The molecule has 0 bridgehead atoms. The van der Waals surface area contributed by atoms with Crippen molar-refractivity contribution >= 4 is 15.9 Å². The highest BCUT2D eigenvalue weighted by Crippen LogP contribution is 2.30. The van der Waals surface area contributed by atoms with Crippen LogP contribution in [0, 0.1) is 6.92 Å². The van der Waals surface area contributed by atoms with E-state index in [1.165, 1.54) is 11.1 Å². The van der Waals surface area contributed by atoms with Crippen LogP contribution in [0.5, 0.6) is 11.5 Å². The van der Waals surface area contributed by atoms with Crippen molar-refractivity contribution in [3.05, 3.63) is 58.1 Å². The minimum absolute atomic E-state index is 0.326. The quantitative estimate of drug-likeness (QED) is 0.733. The summed E-state index contributed by atoms with van der Waals surface area (Å²) in [7, 11) is 0. The maximum absolute atomic E-state index is 5.91. The zero-order chi connectivity index (χ0) is 15.2. The second-order valence-electron chi connectivity index (χ2n) is 5.28. The van der Waals surface area contributed by atoms with E-state index in [4.69, 9.17) is 4.74 Å². The Morgan fingerprint density at radius 1 is 1.14 bits per heavy atom. The summed E-state index contributed by atoms with van der Waals surface area (Å²) < 4.78 is 6.98. The van der Waals surface area contributed by atoms with E-state index in [0.29, 0.717) is 6.04 Å². The van der Waals surface area contributed by atoms with Crippen LogP contribution in [0.15, 0.2) is 46.9 Å². The van der Waals surface area contributed by atoms with Crippen LogP contribution in [0.25, 0.3) is 0 Å². The molecule has 3 heteroatoms. The van der Waals surface area contributed by atoms with Gasteiger partial charge >= 0.3 is 0 Å². The third-order valence-corrected chi connectivity index (χ3v) is 4.05. The number of aryl methyl sites for hydroxylation is 1. The molecular formula is C18H22BrNO. The lowest BCUT2D eigenvalue weighted by Gasteiger charge is -2.16. The number of nitrogens with one attached hydrogen (secondary N) is 1. The number of benzene rings is 2. The van der Waals surface area contributed by atoms with Crippen molar-refractivity contribution in [2.45, 2.75) is 33.2 Å². The molecular weight excluding hydrogens is 326 g/mol. The maximum atomic E-state index is 5.91. The van der Waals surface area contributed by atoms with Gasteiger partial charge in [0.25, 0.3) is 0 Å². The minimum atomic E-state index is 0.326. The van der Waals surface area contributed by atoms with E-state index in [1.54, 1.807) is 0 Å². The fourth-order valence-corrected chi connectivity index (χ4v) is 2.91. The van der Waals surface area contributed by atoms with E-state index in [-0.39, 0.29) is 0 Å². The van der Waals surface area contributed by atoms with Crippen molar-refractivity contribution in [3.8, 4) is 11.5 Å². The van der Waals surface area contributed by atoms with Crippen LogP contribution in [-0.2, 0) is 0 Å². The van der Waals surface area contributed by atoms with Crippen molar-refractivity contribution in [2.75, 3.05) is 6.54 Å². The van der Waals surface area contributed by atoms with E-state index in [9.17, 15) is 0 Å². The highest BCUT2D eigenvalue weighted by molar-refractivity contribution is 9.10. The lowest BCUT2D eigenvalue weighted by Crippen LogP contribution is -2.19. The average molecular weight is 348 g/mol. The van der Waals surface area contributed by atoms with Crippen LogP contribution in [0.2, 0.25) is 0 Å². The van der Waals surface area contributed by atoms with Gasteiger partial charge in [-0.1, -0.05) is 41.1 Å². The Morgan fingerprint density at radius 2 is 1.90 bits per heavy atom. The predicted molar refractivity (Wildman–Crippen MR) is 92.1 cm³/mol. The smallest absolute Gasteiger partial charge is 0.128 e. The Hall–Kier alpha value is -1.32. The van der Waals surface area contributed by atoms with Crippen molar-refractivity contribution in [2.24, 2.45) is 0 Å². The van der Waals surface area contributed by atoms with Gasteiger partial charge in [-0.15, -0.1) is 0 Å². The average Bonchev–Trinajstić information content (AvgIpc) is 2.45. The van der Waals surface area contributed by atoms with Gasteiger partial charge in [-0.05, 0) is 62.2 Å².